The zero-order valence-electron chi connectivity index (χ0n) is 13.7. The van der Waals surface area contributed by atoms with Crippen molar-refractivity contribution >= 4 is 46.4 Å². The quantitative estimate of drug-likeness (QED) is 0.610. The molecule has 1 rings (SSSR count). The summed E-state index contributed by atoms with van der Waals surface area (Å²) in [5.74, 6) is -0.619. The molecular weight excluding hydrogens is 337 g/mol. The van der Waals surface area contributed by atoms with E-state index in [1.807, 2.05) is 27.7 Å². The lowest BCUT2D eigenvalue weighted by Crippen LogP contribution is -2.25. The zero-order valence-corrected chi connectivity index (χ0v) is 15.2. The van der Waals surface area contributed by atoms with Crippen LogP contribution in [0.1, 0.15) is 40.5 Å². The van der Waals surface area contributed by atoms with Crippen molar-refractivity contribution in [2.45, 2.75) is 40.5 Å². The number of amides is 2. The summed E-state index contributed by atoms with van der Waals surface area (Å²) in [5, 5.41) is 7.50. The summed E-state index contributed by atoms with van der Waals surface area (Å²) in [7, 11) is 0. The summed E-state index contributed by atoms with van der Waals surface area (Å²) in [5.41, 5.74) is 3.61. The fourth-order valence-electron chi connectivity index (χ4n) is 1.40. The number of anilines is 1. The second kappa shape index (κ2) is 8.31. The molecule has 2 N–H and O–H groups in total. The Morgan fingerprint density at radius 3 is 2.30 bits per heavy atom. The predicted molar refractivity (Wildman–Crippen MR) is 95.0 cm³/mol. The van der Waals surface area contributed by atoms with Crippen LogP contribution in [0.2, 0.25) is 10.0 Å². The highest BCUT2D eigenvalue weighted by atomic mass is 35.5. The fourth-order valence-corrected chi connectivity index (χ4v) is 1.86. The Bertz CT molecular complexity index is 622. The number of carbonyl (C=O) groups excluding carboxylic acids is 2. The van der Waals surface area contributed by atoms with Crippen molar-refractivity contribution in [1.29, 1.82) is 0 Å². The van der Waals surface area contributed by atoms with E-state index in [0.29, 0.717) is 15.7 Å². The monoisotopic (exact) mass is 357 g/mol. The van der Waals surface area contributed by atoms with Gasteiger partial charge in [0.25, 0.3) is 0 Å². The molecule has 0 saturated heterocycles. The molecule has 1 aromatic carbocycles. The Balaban J connectivity index is 2.45. The van der Waals surface area contributed by atoms with Crippen LogP contribution in [-0.2, 0) is 9.59 Å². The molecule has 0 atom stereocenters. The Labute approximate surface area is 146 Å². The van der Waals surface area contributed by atoms with Gasteiger partial charge in [-0.25, -0.2) is 5.43 Å². The molecule has 0 aromatic heterocycles. The first-order valence-electron chi connectivity index (χ1n) is 7.18. The fraction of sp³-hybridized carbons (Fsp3) is 0.438. The molecule has 1 aromatic rings. The third kappa shape index (κ3) is 7.01. The summed E-state index contributed by atoms with van der Waals surface area (Å²) in [6.45, 7) is 7.85. The minimum Gasteiger partial charge on any atom is -0.325 e. The van der Waals surface area contributed by atoms with E-state index in [1.165, 1.54) is 6.07 Å². The molecule has 126 valence electrons. The van der Waals surface area contributed by atoms with Gasteiger partial charge < -0.3 is 5.32 Å². The average molecular weight is 358 g/mol. The summed E-state index contributed by atoms with van der Waals surface area (Å²) < 4.78 is 0. The van der Waals surface area contributed by atoms with Gasteiger partial charge >= 0.3 is 0 Å². The lowest BCUT2D eigenvalue weighted by atomic mass is 9.91. The standard InChI is InChI=1S/C16H21Cl2N3O2/c1-10(16(2,3)4)20-21-15(23)8-7-14(22)19-13-6-5-11(17)9-12(13)18/h5-6,9H,7-8H2,1-4H3,(H,19,22)(H,21,23)/b20-10+. The maximum Gasteiger partial charge on any atom is 0.240 e. The van der Waals surface area contributed by atoms with Gasteiger partial charge in [0, 0.05) is 29.0 Å². The van der Waals surface area contributed by atoms with Gasteiger partial charge in [-0.15, -0.1) is 0 Å². The molecular formula is C16H21Cl2N3O2. The van der Waals surface area contributed by atoms with Gasteiger partial charge in [-0.1, -0.05) is 44.0 Å². The lowest BCUT2D eigenvalue weighted by Gasteiger charge is -2.17. The molecule has 5 nitrogen and oxygen atoms in total. The molecule has 23 heavy (non-hydrogen) atoms. The number of benzene rings is 1. The first kappa shape index (κ1) is 19.5. The maximum absolute atomic E-state index is 11.8. The Morgan fingerprint density at radius 1 is 1.13 bits per heavy atom. The molecule has 0 heterocycles. The van der Waals surface area contributed by atoms with Crippen molar-refractivity contribution in [3.63, 3.8) is 0 Å². The Hall–Kier alpha value is -1.59. The van der Waals surface area contributed by atoms with Gasteiger partial charge in [0.05, 0.1) is 10.7 Å². The molecule has 0 unspecified atom stereocenters. The minimum atomic E-state index is -0.314. The van der Waals surface area contributed by atoms with E-state index in [1.54, 1.807) is 12.1 Å². The van der Waals surface area contributed by atoms with E-state index in [4.69, 9.17) is 23.2 Å². The van der Waals surface area contributed by atoms with Gasteiger partial charge in [0.15, 0.2) is 0 Å². The number of rotatable bonds is 5. The molecule has 0 radical (unpaired) electrons. The summed E-state index contributed by atoms with van der Waals surface area (Å²) in [4.78, 5) is 23.5. The maximum atomic E-state index is 11.8. The average Bonchev–Trinajstić information content (AvgIpc) is 2.44. The molecule has 0 aliphatic carbocycles. The minimum absolute atomic E-state index is 0.0366. The van der Waals surface area contributed by atoms with Gasteiger partial charge in [-0.3, -0.25) is 9.59 Å². The summed E-state index contributed by atoms with van der Waals surface area (Å²) in [6.07, 6.45) is 0.0762. The normalized spacial score (nSPS) is 12.0. The van der Waals surface area contributed by atoms with Crippen molar-refractivity contribution in [3.05, 3.63) is 28.2 Å². The molecule has 0 aliphatic rings. The van der Waals surface area contributed by atoms with Gasteiger partial charge in [0.2, 0.25) is 11.8 Å². The SMILES string of the molecule is C/C(=N\NC(=O)CCC(=O)Nc1ccc(Cl)cc1Cl)C(C)(C)C. The molecule has 2 amide bonds. The number of nitrogens with one attached hydrogen (secondary N) is 2. The third-order valence-corrected chi connectivity index (χ3v) is 3.77. The number of hydrogen-bond acceptors (Lipinski definition) is 3. The highest BCUT2D eigenvalue weighted by Gasteiger charge is 2.15. The van der Waals surface area contributed by atoms with E-state index in [9.17, 15) is 9.59 Å². The van der Waals surface area contributed by atoms with E-state index in [-0.39, 0.29) is 30.1 Å². The summed E-state index contributed by atoms with van der Waals surface area (Å²) >= 11 is 11.8. The van der Waals surface area contributed by atoms with Crippen molar-refractivity contribution in [3.8, 4) is 0 Å². The van der Waals surface area contributed by atoms with Crippen LogP contribution in [0.5, 0.6) is 0 Å². The van der Waals surface area contributed by atoms with Crippen LogP contribution in [0.4, 0.5) is 5.69 Å². The van der Waals surface area contributed by atoms with Gasteiger partial charge in [-0.2, -0.15) is 5.10 Å². The second-order valence-electron chi connectivity index (χ2n) is 6.15. The first-order chi connectivity index (χ1) is 10.6. The Morgan fingerprint density at radius 2 is 1.74 bits per heavy atom. The van der Waals surface area contributed by atoms with Crippen LogP contribution in [0.3, 0.4) is 0 Å². The molecule has 7 heteroatoms. The van der Waals surface area contributed by atoms with Crippen molar-refractivity contribution in [2.75, 3.05) is 5.32 Å². The number of hydrogen-bond donors (Lipinski definition) is 2. The number of hydrazone groups is 1. The van der Waals surface area contributed by atoms with E-state index < -0.39 is 0 Å². The van der Waals surface area contributed by atoms with Crippen molar-refractivity contribution in [1.82, 2.24) is 5.43 Å². The lowest BCUT2D eigenvalue weighted by molar-refractivity contribution is -0.124. The molecule has 0 fully saturated rings. The van der Waals surface area contributed by atoms with Crippen molar-refractivity contribution < 1.29 is 9.59 Å². The second-order valence-corrected chi connectivity index (χ2v) is 7.00. The highest BCUT2D eigenvalue weighted by Crippen LogP contribution is 2.25. The van der Waals surface area contributed by atoms with Crippen LogP contribution in [0.25, 0.3) is 0 Å². The van der Waals surface area contributed by atoms with Crippen LogP contribution in [0.15, 0.2) is 23.3 Å². The third-order valence-electron chi connectivity index (χ3n) is 3.22. The number of halogens is 2. The van der Waals surface area contributed by atoms with Crippen LogP contribution in [-0.4, -0.2) is 17.5 Å². The highest BCUT2D eigenvalue weighted by molar-refractivity contribution is 6.36. The predicted octanol–water partition coefficient (Wildman–Crippen LogP) is 4.25. The van der Waals surface area contributed by atoms with Crippen LogP contribution >= 0.6 is 23.2 Å². The molecule has 0 saturated carbocycles. The van der Waals surface area contributed by atoms with Crippen LogP contribution < -0.4 is 10.7 Å². The largest absolute Gasteiger partial charge is 0.325 e. The van der Waals surface area contributed by atoms with Gasteiger partial charge in [-0.05, 0) is 25.1 Å². The molecule has 0 bridgehead atoms. The number of carbonyl (C=O) groups is 2. The molecule has 0 spiro atoms. The smallest absolute Gasteiger partial charge is 0.240 e. The van der Waals surface area contributed by atoms with Gasteiger partial charge in [0.1, 0.15) is 0 Å². The zero-order chi connectivity index (χ0) is 17.6. The van der Waals surface area contributed by atoms with E-state index in [2.05, 4.69) is 15.8 Å². The topological polar surface area (TPSA) is 70.6 Å². The van der Waals surface area contributed by atoms with E-state index in [0.717, 1.165) is 5.71 Å². The first-order valence-corrected chi connectivity index (χ1v) is 7.93. The Kier molecular flexibility index (Phi) is 7.03. The van der Waals surface area contributed by atoms with Crippen LogP contribution in [0, 0.1) is 5.41 Å². The number of nitrogens with zero attached hydrogens (tertiary/aromatic N) is 1. The van der Waals surface area contributed by atoms with Crippen molar-refractivity contribution in [2.24, 2.45) is 10.5 Å². The summed E-state index contributed by atoms with van der Waals surface area (Å²) in [6, 6.07) is 4.77. The molecule has 0 aliphatic heterocycles. The van der Waals surface area contributed by atoms with E-state index >= 15 is 0 Å².